The molecule has 2 aromatic carbocycles. The Kier molecular flexibility index (Phi) is 7.81. The summed E-state index contributed by atoms with van der Waals surface area (Å²) in [5.41, 5.74) is 1.40. The Morgan fingerprint density at radius 1 is 0.933 bits per heavy atom. The molecule has 0 saturated heterocycles. The van der Waals surface area contributed by atoms with Gasteiger partial charge in [0.1, 0.15) is 0 Å². The van der Waals surface area contributed by atoms with E-state index >= 15 is 0 Å². The topological polar surface area (TPSA) is 126 Å². The molecule has 2 rings (SSSR count). The van der Waals surface area contributed by atoms with Gasteiger partial charge in [0.2, 0.25) is 17.8 Å². The first kappa shape index (κ1) is 22.3. The quantitative estimate of drug-likeness (QED) is 0.395. The number of nitrogens with zero attached hydrogens (tertiary/aromatic N) is 1. The highest BCUT2D eigenvalue weighted by molar-refractivity contribution is 6.12. The molecule has 0 radical (unpaired) electrons. The van der Waals surface area contributed by atoms with Crippen LogP contribution in [0.1, 0.15) is 36.2 Å². The van der Waals surface area contributed by atoms with Crippen LogP contribution in [0, 0.1) is 0 Å². The van der Waals surface area contributed by atoms with Crippen molar-refractivity contribution in [2.75, 3.05) is 17.7 Å². The Morgan fingerprint density at radius 3 is 2.23 bits per heavy atom. The van der Waals surface area contributed by atoms with Crippen molar-refractivity contribution in [3.63, 3.8) is 0 Å². The van der Waals surface area contributed by atoms with E-state index in [-0.39, 0.29) is 29.8 Å². The lowest BCUT2D eigenvalue weighted by molar-refractivity contribution is -0.117. The van der Waals surface area contributed by atoms with Crippen LogP contribution in [0.4, 0.5) is 16.2 Å². The highest BCUT2D eigenvalue weighted by Gasteiger charge is 2.15. The number of carbonyl (C=O) groups is 4. The minimum Gasteiger partial charge on any atom is -0.453 e. The first-order valence-corrected chi connectivity index (χ1v) is 9.09. The smallest absolute Gasteiger partial charge is 0.413 e. The molecule has 0 aliphatic rings. The number of hydrogen-bond donors (Lipinski definition) is 3. The molecule has 0 spiro atoms. The number of ether oxygens (including phenoxy) is 1. The molecule has 0 heterocycles. The van der Waals surface area contributed by atoms with Gasteiger partial charge in [0.25, 0.3) is 0 Å². The zero-order valence-corrected chi connectivity index (χ0v) is 16.8. The molecule has 2 aromatic rings. The Bertz CT molecular complexity index is 986. The molecule has 9 nitrogen and oxygen atoms in total. The van der Waals surface area contributed by atoms with Crippen LogP contribution in [0.3, 0.4) is 0 Å². The molecular formula is C21H22N4O5. The number of anilines is 2. The molecule has 3 N–H and O–H groups in total. The number of alkyl carbamates (subject to hydrolysis) is 1. The summed E-state index contributed by atoms with van der Waals surface area (Å²) in [4.78, 5) is 51.5. The highest BCUT2D eigenvalue weighted by atomic mass is 16.5. The predicted molar refractivity (Wildman–Crippen MR) is 113 cm³/mol. The average molecular weight is 410 g/mol. The zero-order valence-electron chi connectivity index (χ0n) is 16.8. The number of carbonyl (C=O) groups excluding carboxylic acids is 4. The molecule has 0 aliphatic carbocycles. The molecule has 0 aromatic heterocycles. The Hall–Kier alpha value is -4.01. The van der Waals surface area contributed by atoms with Crippen molar-refractivity contribution in [3.8, 4) is 0 Å². The first-order valence-electron chi connectivity index (χ1n) is 9.09. The number of aliphatic imine (C=N–C) groups is 1. The van der Waals surface area contributed by atoms with Gasteiger partial charge < -0.3 is 15.4 Å². The second kappa shape index (κ2) is 10.5. The lowest BCUT2D eigenvalue weighted by Crippen LogP contribution is -2.36. The zero-order chi connectivity index (χ0) is 22.1. The van der Waals surface area contributed by atoms with Crippen LogP contribution in [-0.2, 0) is 14.3 Å². The first-order chi connectivity index (χ1) is 14.3. The summed E-state index contributed by atoms with van der Waals surface area (Å²) in [7, 11) is 1.16. The van der Waals surface area contributed by atoms with Gasteiger partial charge in [-0.2, -0.15) is 4.99 Å². The van der Waals surface area contributed by atoms with Gasteiger partial charge in [-0.25, -0.2) is 4.79 Å². The molecule has 0 saturated carbocycles. The molecular weight excluding hydrogens is 388 g/mol. The SMILES string of the molecule is CCC(=O)/N=C(\NC(=O)OC)Nc1cc(C(=O)c2ccccc2)ccc1NC(C)=O. The highest BCUT2D eigenvalue weighted by Crippen LogP contribution is 2.25. The van der Waals surface area contributed by atoms with E-state index in [9.17, 15) is 19.2 Å². The van der Waals surface area contributed by atoms with Crippen molar-refractivity contribution >= 4 is 41.0 Å². The van der Waals surface area contributed by atoms with E-state index < -0.39 is 12.0 Å². The van der Waals surface area contributed by atoms with Crippen molar-refractivity contribution in [1.29, 1.82) is 0 Å². The number of methoxy groups -OCH3 is 1. The van der Waals surface area contributed by atoms with E-state index in [0.717, 1.165) is 7.11 Å². The summed E-state index contributed by atoms with van der Waals surface area (Å²) >= 11 is 0. The van der Waals surface area contributed by atoms with E-state index in [1.165, 1.54) is 19.1 Å². The molecule has 9 heteroatoms. The maximum atomic E-state index is 12.8. The fraction of sp³-hybridized carbons (Fsp3) is 0.190. The summed E-state index contributed by atoms with van der Waals surface area (Å²) in [5.74, 6) is -1.28. The third-order valence-electron chi connectivity index (χ3n) is 3.83. The molecule has 3 amide bonds. The molecule has 0 unspecified atom stereocenters. The molecule has 0 fully saturated rings. The second-order valence-electron chi connectivity index (χ2n) is 6.09. The van der Waals surface area contributed by atoms with Gasteiger partial charge in [-0.3, -0.25) is 19.7 Å². The van der Waals surface area contributed by atoms with Crippen molar-refractivity contribution in [3.05, 3.63) is 59.7 Å². The van der Waals surface area contributed by atoms with Crippen LogP contribution in [-0.4, -0.2) is 36.8 Å². The van der Waals surface area contributed by atoms with Crippen molar-refractivity contribution < 1.29 is 23.9 Å². The van der Waals surface area contributed by atoms with Crippen molar-refractivity contribution in [2.24, 2.45) is 4.99 Å². The van der Waals surface area contributed by atoms with E-state index in [4.69, 9.17) is 0 Å². The number of nitrogens with one attached hydrogen (secondary N) is 3. The molecule has 0 aliphatic heterocycles. The van der Waals surface area contributed by atoms with E-state index in [1.54, 1.807) is 43.3 Å². The lowest BCUT2D eigenvalue weighted by Gasteiger charge is -2.15. The fourth-order valence-corrected chi connectivity index (χ4v) is 2.41. The number of hydrogen-bond acceptors (Lipinski definition) is 5. The van der Waals surface area contributed by atoms with Gasteiger partial charge >= 0.3 is 6.09 Å². The van der Waals surface area contributed by atoms with Crippen LogP contribution in [0.25, 0.3) is 0 Å². The summed E-state index contributed by atoms with van der Waals surface area (Å²) in [5, 5.41) is 7.70. The average Bonchev–Trinajstić information content (AvgIpc) is 2.74. The molecule has 0 atom stereocenters. The number of ketones is 1. The number of amides is 3. The largest absolute Gasteiger partial charge is 0.453 e. The van der Waals surface area contributed by atoms with E-state index in [2.05, 4.69) is 25.7 Å². The minimum atomic E-state index is -0.845. The van der Waals surface area contributed by atoms with Crippen LogP contribution >= 0.6 is 0 Å². The summed E-state index contributed by atoms with van der Waals surface area (Å²) in [6.07, 6.45) is -0.734. The monoisotopic (exact) mass is 410 g/mol. The maximum Gasteiger partial charge on any atom is 0.413 e. The van der Waals surface area contributed by atoms with E-state index in [0.29, 0.717) is 16.8 Å². The maximum absolute atomic E-state index is 12.8. The molecule has 30 heavy (non-hydrogen) atoms. The van der Waals surface area contributed by atoms with Crippen LogP contribution in [0.15, 0.2) is 53.5 Å². The van der Waals surface area contributed by atoms with Gasteiger partial charge in [-0.15, -0.1) is 0 Å². The van der Waals surface area contributed by atoms with Crippen molar-refractivity contribution in [1.82, 2.24) is 5.32 Å². The van der Waals surface area contributed by atoms with Crippen molar-refractivity contribution in [2.45, 2.75) is 20.3 Å². The van der Waals surface area contributed by atoms with Gasteiger partial charge in [0.15, 0.2) is 5.78 Å². The standard InChI is InChI=1S/C21H22N4O5/c1-4-18(27)24-20(25-21(29)30-3)23-17-12-15(10-11-16(17)22-13(2)26)19(28)14-8-6-5-7-9-14/h5-12H,4H2,1-3H3,(H,22,26)(H2,23,24,25,27,29). The van der Waals surface area contributed by atoms with Gasteiger partial charge in [0.05, 0.1) is 18.5 Å². The summed E-state index contributed by atoms with van der Waals surface area (Å²) < 4.78 is 4.54. The predicted octanol–water partition coefficient (Wildman–Crippen LogP) is 2.94. The van der Waals surface area contributed by atoms with Crippen LogP contribution < -0.4 is 16.0 Å². The van der Waals surface area contributed by atoms with E-state index in [1.807, 2.05) is 0 Å². The second-order valence-corrected chi connectivity index (χ2v) is 6.09. The van der Waals surface area contributed by atoms with Crippen LogP contribution in [0.5, 0.6) is 0 Å². The summed E-state index contributed by atoms with van der Waals surface area (Å²) in [6.45, 7) is 2.94. The Labute approximate surface area is 173 Å². The number of rotatable bonds is 5. The Morgan fingerprint density at radius 2 is 1.63 bits per heavy atom. The lowest BCUT2D eigenvalue weighted by atomic mass is 10.0. The summed E-state index contributed by atoms with van der Waals surface area (Å²) in [6, 6.07) is 13.3. The van der Waals surface area contributed by atoms with Gasteiger partial charge in [0, 0.05) is 24.5 Å². The Balaban J connectivity index is 2.46. The third-order valence-corrected chi connectivity index (χ3v) is 3.83. The third kappa shape index (κ3) is 6.26. The number of benzene rings is 2. The fourth-order valence-electron chi connectivity index (χ4n) is 2.41. The van der Waals surface area contributed by atoms with Gasteiger partial charge in [-0.05, 0) is 18.2 Å². The normalized spacial score (nSPS) is 10.7. The molecule has 0 bridgehead atoms. The van der Waals surface area contributed by atoms with Crippen LogP contribution in [0.2, 0.25) is 0 Å². The van der Waals surface area contributed by atoms with Gasteiger partial charge in [-0.1, -0.05) is 37.3 Å². The number of guanidine groups is 1. The molecule has 156 valence electrons. The minimum absolute atomic E-state index is 0.110.